The Balaban J connectivity index is 1.54. The van der Waals surface area contributed by atoms with Crippen LogP contribution in [-0.2, 0) is 11.3 Å². The number of hydrogen-bond donors (Lipinski definition) is 0. The molecule has 0 aliphatic rings. The fourth-order valence-electron chi connectivity index (χ4n) is 3.30. The molecule has 0 saturated carbocycles. The molecule has 0 atom stereocenters. The minimum atomic E-state index is -0.469. The van der Waals surface area contributed by atoms with Crippen LogP contribution in [0.25, 0.3) is 22.4 Å². The summed E-state index contributed by atoms with van der Waals surface area (Å²) in [6.45, 7) is 7.24. The molecule has 0 saturated heterocycles. The number of furan rings is 1. The number of rotatable bonds is 4. The third-order valence-electron chi connectivity index (χ3n) is 4.60. The number of para-hydroxylation sites is 1. The molecule has 0 aliphatic carbocycles. The molecule has 7 nitrogen and oxygen atoms in total. The molecule has 3 heterocycles. The summed E-state index contributed by atoms with van der Waals surface area (Å²) in [7, 11) is 0. The number of ether oxygens (including phenoxy) is 1. The monoisotopic (exact) mass is 377 g/mol. The highest BCUT2D eigenvalue weighted by molar-refractivity contribution is 5.98. The highest BCUT2D eigenvalue weighted by Crippen LogP contribution is 2.26. The highest BCUT2D eigenvalue weighted by Gasteiger charge is 2.20. The fourth-order valence-corrected chi connectivity index (χ4v) is 3.30. The van der Waals surface area contributed by atoms with Crippen LogP contribution < -0.4 is 0 Å². The van der Waals surface area contributed by atoms with Crippen molar-refractivity contribution in [1.29, 1.82) is 0 Å². The Morgan fingerprint density at radius 3 is 2.61 bits per heavy atom. The Morgan fingerprint density at radius 1 is 1.07 bits per heavy atom. The maximum absolute atomic E-state index is 12.7. The largest absolute Gasteiger partial charge is 0.466 e. The van der Waals surface area contributed by atoms with Gasteiger partial charge in [0.25, 0.3) is 11.8 Å². The van der Waals surface area contributed by atoms with E-state index >= 15 is 0 Å². The maximum Gasteiger partial charge on any atom is 0.340 e. The summed E-state index contributed by atoms with van der Waals surface area (Å²) in [6.07, 6.45) is 0. The van der Waals surface area contributed by atoms with E-state index in [4.69, 9.17) is 13.6 Å². The predicted molar refractivity (Wildman–Crippen MR) is 102 cm³/mol. The molecule has 7 heteroatoms. The number of aryl methyl sites for hydroxylation is 4. The van der Waals surface area contributed by atoms with Crippen molar-refractivity contribution < 1.29 is 18.4 Å². The molecule has 4 aromatic rings. The van der Waals surface area contributed by atoms with Gasteiger partial charge in [-0.3, -0.25) is 4.98 Å². The first kappa shape index (κ1) is 17.9. The summed E-state index contributed by atoms with van der Waals surface area (Å²) >= 11 is 0. The summed E-state index contributed by atoms with van der Waals surface area (Å²) in [4.78, 5) is 17.2. The van der Waals surface area contributed by atoms with Crippen molar-refractivity contribution in [1.82, 2.24) is 15.2 Å². The second-order valence-electron chi connectivity index (χ2n) is 6.62. The molecule has 0 N–H and O–H groups in total. The average Bonchev–Trinajstić information content (AvgIpc) is 3.25. The van der Waals surface area contributed by atoms with Gasteiger partial charge in [-0.15, -0.1) is 10.2 Å². The number of fused-ring (bicyclic) bond motifs is 1. The number of carbonyl (C=O) groups is 1. The summed E-state index contributed by atoms with van der Waals surface area (Å²) in [5, 5.41) is 8.88. The van der Waals surface area contributed by atoms with E-state index in [1.807, 2.05) is 51.1 Å². The van der Waals surface area contributed by atoms with E-state index in [1.165, 1.54) is 0 Å². The second kappa shape index (κ2) is 6.92. The van der Waals surface area contributed by atoms with Crippen molar-refractivity contribution >= 4 is 16.9 Å². The molecule has 0 spiro atoms. The van der Waals surface area contributed by atoms with E-state index in [0.717, 1.165) is 27.8 Å². The summed E-state index contributed by atoms with van der Waals surface area (Å²) in [6, 6.07) is 9.52. The van der Waals surface area contributed by atoms with Crippen molar-refractivity contribution in [2.45, 2.75) is 34.3 Å². The standard InChI is InChI=1S/C21H19N3O4/c1-11-9-16(14(4)27-11)20-24-23-18(28-20)10-26-21(25)19-12(2)15-7-5-6-8-17(15)22-13(19)3/h5-9H,10H2,1-4H3. The van der Waals surface area contributed by atoms with Gasteiger partial charge in [0.15, 0.2) is 6.61 Å². The second-order valence-corrected chi connectivity index (χ2v) is 6.62. The van der Waals surface area contributed by atoms with Crippen LogP contribution in [0.1, 0.15) is 39.0 Å². The van der Waals surface area contributed by atoms with Crippen LogP contribution in [0.5, 0.6) is 0 Å². The first-order valence-corrected chi connectivity index (χ1v) is 8.87. The summed E-state index contributed by atoms with van der Waals surface area (Å²) in [5.41, 5.74) is 3.50. The Kier molecular flexibility index (Phi) is 4.43. The van der Waals surface area contributed by atoms with Gasteiger partial charge in [-0.25, -0.2) is 4.79 Å². The van der Waals surface area contributed by atoms with Crippen LogP contribution >= 0.6 is 0 Å². The van der Waals surface area contributed by atoms with E-state index in [-0.39, 0.29) is 12.5 Å². The third kappa shape index (κ3) is 3.15. The van der Waals surface area contributed by atoms with Crippen LogP contribution in [-0.4, -0.2) is 21.2 Å². The number of pyridine rings is 1. The molecule has 142 valence electrons. The molecular weight excluding hydrogens is 358 g/mol. The van der Waals surface area contributed by atoms with E-state index < -0.39 is 5.97 Å². The number of nitrogens with zero attached hydrogens (tertiary/aromatic N) is 3. The molecule has 0 radical (unpaired) electrons. The van der Waals surface area contributed by atoms with Crippen molar-refractivity contribution in [3.63, 3.8) is 0 Å². The summed E-state index contributed by atoms with van der Waals surface area (Å²) < 4.78 is 16.5. The van der Waals surface area contributed by atoms with Crippen LogP contribution in [0.2, 0.25) is 0 Å². The predicted octanol–water partition coefficient (Wildman–Crippen LogP) is 4.47. The van der Waals surface area contributed by atoms with Crippen LogP contribution in [0.3, 0.4) is 0 Å². The van der Waals surface area contributed by atoms with Gasteiger partial charge in [-0.05, 0) is 45.4 Å². The zero-order valence-corrected chi connectivity index (χ0v) is 16.1. The Labute approximate surface area is 161 Å². The number of aromatic nitrogens is 3. The van der Waals surface area contributed by atoms with Crippen LogP contribution in [0, 0.1) is 27.7 Å². The van der Waals surface area contributed by atoms with E-state index in [0.29, 0.717) is 22.9 Å². The third-order valence-corrected chi connectivity index (χ3v) is 4.60. The molecule has 0 fully saturated rings. The van der Waals surface area contributed by atoms with E-state index in [9.17, 15) is 4.79 Å². The zero-order valence-electron chi connectivity index (χ0n) is 16.1. The molecule has 3 aromatic heterocycles. The SMILES string of the molecule is Cc1cc(-c2nnc(COC(=O)c3c(C)nc4ccccc4c3C)o2)c(C)o1. The number of benzene rings is 1. The number of carbonyl (C=O) groups excluding carboxylic acids is 1. The van der Waals surface area contributed by atoms with Gasteiger partial charge < -0.3 is 13.6 Å². The van der Waals surface area contributed by atoms with Gasteiger partial charge in [0.2, 0.25) is 0 Å². The van der Waals surface area contributed by atoms with Gasteiger partial charge in [-0.1, -0.05) is 18.2 Å². The quantitative estimate of drug-likeness (QED) is 0.485. The molecule has 0 unspecified atom stereocenters. The van der Waals surface area contributed by atoms with Crippen molar-refractivity contribution in [3.05, 3.63) is 64.6 Å². The van der Waals surface area contributed by atoms with E-state index in [2.05, 4.69) is 15.2 Å². The Bertz CT molecular complexity index is 1190. The van der Waals surface area contributed by atoms with Crippen molar-refractivity contribution in [3.8, 4) is 11.5 Å². The van der Waals surface area contributed by atoms with Gasteiger partial charge in [-0.2, -0.15) is 0 Å². The smallest absolute Gasteiger partial charge is 0.340 e. The Morgan fingerprint density at radius 2 is 1.86 bits per heavy atom. The Hall–Kier alpha value is -3.48. The molecule has 4 rings (SSSR count). The molecule has 1 aromatic carbocycles. The minimum Gasteiger partial charge on any atom is -0.466 e. The lowest BCUT2D eigenvalue weighted by molar-refractivity contribution is 0.0436. The minimum absolute atomic E-state index is 0.118. The molecule has 28 heavy (non-hydrogen) atoms. The first-order chi connectivity index (χ1) is 13.4. The fraction of sp³-hybridized carbons (Fsp3) is 0.238. The topological polar surface area (TPSA) is 91.2 Å². The van der Waals surface area contributed by atoms with Gasteiger partial charge in [0, 0.05) is 5.39 Å². The summed E-state index contributed by atoms with van der Waals surface area (Å²) in [5.74, 6) is 1.53. The molecule has 0 amide bonds. The van der Waals surface area contributed by atoms with Gasteiger partial charge in [0.1, 0.15) is 11.5 Å². The molecular formula is C21H19N3O4. The molecule has 0 bridgehead atoms. The lowest BCUT2D eigenvalue weighted by atomic mass is 10.0. The van der Waals surface area contributed by atoms with Crippen LogP contribution in [0.4, 0.5) is 0 Å². The number of esters is 1. The molecule has 0 aliphatic heterocycles. The number of hydrogen-bond acceptors (Lipinski definition) is 7. The zero-order chi connectivity index (χ0) is 19.8. The highest BCUT2D eigenvalue weighted by atomic mass is 16.5. The average molecular weight is 377 g/mol. The van der Waals surface area contributed by atoms with E-state index in [1.54, 1.807) is 6.92 Å². The van der Waals surface area contributed by atoms with Crippen LogP contribution in [0.15, 0.2) is 39.2 Å². The maximum atomic E-state index is 12.7. The van der Waals surface area contributed by atoms with Crippen molar-refractivity contribution in [2.24, 2.45) is 0 Å². The lowest BCUT2D eigenvalue weighted by Crippen LogP contribution is -2.11. The van der Waals surface area contributed by atoms with Gasteiger partial charge >= 0.3 is 5.97 Å². The van der Waals surface area contributed by atoms with Gasteiger partial charge in [0.05, 0.1) is 22.3 Å². The normalized spacial score (nSPS) is 11.1. The van der Waals surface area contributed by atoms with Crippen molar-refractivity contribution in [2.75, 3.05) is 0 Å². The first-order valence-electron chi connectivity index (χ1n) is 8.87. The lowest BCUT2D eigenvalue weighted by Gasteiger charge is -2.11.